The van der Waals surface area contributed by atoms with E-state index < -0.39 is 6.04 Å². The second-order valence-electron chi connectivity index (χ2n) is 6.69. The van der Waals surface area contributed by atoms with Crippen LogP contribution >= 0.6 is 12.2 Å². The first-order valence-electron chi connectivity index (χ1n) is 9.10. The molecule has 4 rings (SSSR count). The average Bonchev–Trinajstić information content (AvgIpc) is 2.74. The molecule has 3 heterocycles. The number of aromatic amines is 1. The molecule has 2 aromatic heterocycles. The van der Waals surface area contributed by atoms with Gasteiger partial charge in [0, 0.05) is 38.6 Å². The van der Waals surface area contributed by atoms with Crippen LogP contribution in [-0.4, -0.2) is 56.5 Å². The van der Waals surface area contributed by atoms with E-state index in [0.29, 0.717) is 43.0 Å². The molecule has 144 valence electrons. The number of hydrogen-bond acceptors (Lipinski definition) is 6. The zero-order valence-electron chi connectivity index (χ0n) is 15.4. The summed E-state index contributed by atoms with van der Waals surface area (Å²) in [5.41, 5.74) is 0.418. The normalized spacial score (nSPS) is 15.6. The topological polar surface area (TPSA) is 87.1 Å². The van der Waals surface area contributed by atoms with E-state index in [4.69, 9.17) is 12.2 Å². The summed E-state index contributed by atoms with van der Waals surface area (Å²) in [7, 11) is 0. The molecule has 1 N–H and O–H groups in total. The number of fused-ring (bicyclic) bond motifs is 1. The lowest BCUT2D eigenvalue weighted by atomic mass is 10.2. The molecular weight excluding hydrogens is 376 g/mol. The van der Waals surface area contributed by atoms with Crippen LogP contribution in [0.5, 0.6) is 0 Å². The van der Waals surface area contributed by atoms with E-state index >= 15 is 0 Å². The lowest BCUT2D eigenvalue weighted by Gasteiger charge is -2.36. The van der Waals surface area contributed by atoms with Gasteiger partial charge in [-0.3, -0.25) is 14.2 Å². The van der Waals surface area contributed by atoms with Gasteiger partial charge in [0.2, 0.25) is 11.9 Å². The first-order chi connectivity index (χ1) is 13.6. The number of anilines is 1. The van der Waals surface area contributed by atoms with Crippen molar-refractivity contribution in [3.8, 4) is 0 Å². The number of amides is 1. The van der Waals surface area contributed by atoms with Crippen LogP contribution in [0.25, 0.3) is 10.9 Å². The van der Waals surface area contributed by atoms with Gasteiger partial charge in [0.1, 0.15) is 6.04 Å². The van der Waals surface area contributed by atoms with Crippen molar-refractivity contribution in [3.63, 3.8) is 0 Å². The molecule has 1 aliphatic heterocycles. The van der Waals surface area contributed by atoms with Crippen molar-refractivity contribution in [2.24, 2.45) is 0 Å². The summed E-state index contributed by atoms with van der Waals surface area (Å²) in [6.07, 6.45) is 3.41. The van der Waals surface area contributed by atoms with Crippen molar-refractivity contribution < 1.29 is 4.79 Å². The number of H-pyrrole nitrogens is 1. The maximum atomic E-state index is 13.0. The van der Waals surface area contributed by atoms with Crippen LogP contribution in [0.1, 0.15) is 13.0 Å². The fourth-order valence-electron chi connectivity index (χ4n) is 3.48. The smallest absolute Gasteiger partial charge is 0.262 e. The number of aromatic nitrogens is 4. The number of nitrogens with zero attached hydrogens (tertiary/aromatic N) is 5. The zero-order chi connectivity index (χ0) is 19.7. The van der Waals surface area contributed by atoms with Crippen molar-refractivity contribution in [3.05, 3.63) is 57.9 Å². The molecule has 1 atom stereocenters. The van der Waals surface area contributed by atoms with E-state index in [2.05, 4.69) is 15.0 Å². The molecular formula is C19H20N6O2S. The molecule has 1 saturated heterocycles. The maximum Gasteiger partial charge on any atom is 0.262 e. The van der Waals surface area contributed by atoms with Gasteiger partial charge in [0.05, 0.1) is 10.9 Å². The van der Waals surface area contributed by atoms with Gasteiger partial charge in [0.25, 0.3) is 5.56 Å². The number of hydrogen-bond donors (Lipinski definition) is 1. The predicted molar refractivity (Wildman–Crippen MR) is 109 cm³/mol. The second kappa shape index (κ2) is 7.51. The van der Waals surface area contributed by atoms with Crippen LogP contribution in [0.2, 0.25) is 0 Å². The number of piperazine rings is 1. The van der Waals surface area contributed by atoms with Gasteiger partial charge in [-0.1, -0.05) is 12.1 Å². The summed E-state index contributed by atoms with van der Waals surface area (Å²) in [4.78, 5) is 41.3. The van der Waals surface area contributed by atoms with Crippen LogP contribution in [-0.2, 0) is 4.79 Å². The first-order valence-corrected chi connectivity index (χ1v) is 9.51. The van der Waals surface area contributed by atoms with E-state index in [1.54, 1.807) is 48.5 Å². The molecule has 1 fully saturated rings. The third kappa shape index (κ3) is 3.29. The second-order valence-corrected chi connectivity index (χ2v) is 7.07. The number of rotatable bonds is 3. The Balaban J connectivity index is 1.54. The Morgan fingerprint density at radius 2 is 1.79 bits per heavy atom. The standard InChI is InChI=1S/C19H20N6O2S/c1-13(25-17(27)14-5-2-3-6-15(14)22-19(25)28)16(26)23-9-11-24(12-10-23)18-20-7-4-8-21-18/h2-8,13H,9-12H2,1H3,(H,22,28). The van der Waals surface area contributed by atoms with Gasteiger partial charge >= 0.3 is 0 Å². The third-order valence-electron chi connectivity index (χ3n) is 5.01. The van der Waals surface area contributed by atoms with Gasteiger partial charge < -0.3 is 14.8 Å². The van der Waals surface area contributed by atoms with Crippen molar-refractivity contribution in [2.45, 2.75) is 13.0 Å². The highest BCUT2D eigenvalue weighted by Gasteiger charge is 2.28. The Morgan fingerprint density at radius 3 is 2.50 bits per heavy atom. The molecule has 0 bridgehead atoms. The maximum absolute atomic E-state index is 13.0. The number of carbonyl (C=O) groups excluding carboxylic acids is 1. The minimum Gasteiger partial charge on any atom is -0.337 e. The van der Waals surface area contributed by atoms with Gasteiger partial charge in [-0.05, 0) is 37.3 Å². The first kappa shape index (κ1) is 18.3. The highest BCUT2D eigenvalue weighted by Crippen LogP contribution is 2.15. The Hall–Kier alpha value is -3.07. The molecule has 0 radical (unpaired) electrons. The van der Waals surface area contributed by atoms with E-state index in [9.17, 15) is 9.59 Å². The van der Waals surface area contributed by atoms with E-state index in [1.807, 2.05) is 11.0 Å². The monoisotopic (exact) mass is 396 g/mol. The molecule has 1 aliphatic rings. The summed E-state index contributed by atoms with van der Waals surface area (Å²) in [6.45, 7) is 4.08. The average molecular weight is 396 g/mol. The number of benzene rings is 1. The van der Waals surface area contributed by atoms with Crippen molar-refractivity contribution in [1.29, 1.82) is 0 Å². The van der Waals surface area contributed by atoms with Crippen LogP contribution in [0.3, 0.4) is 0 Å². The van der Waals surface area contributed by atoms with Crippen LogP contribution < -0.4 is 10.5 Å². The van der Waals surface area contributed by atoms with E-state index in [0.717, 1.165) is 0 Å². The number of nitrogens with one attached hydrogen (secondary N) is 1. The zero-order valence-corrected chi connectivity index (χ0v) is 16.2. The molecule has 0 spiro atoms. The Labute approximate surface area is 166 Å². The summed E-state index contributed by atoms with van der Waals surface area (Å²) >= 11 is 5.36. The molecule has 0 aliphatic carbocycles. The number of carbonyl (C=O) groups is 1. The Kier molecular flexibility index (Phi) is 4.91. The molecule has 9 heteroatoms. The summed E-state index contributed by atoms with van der Waals surface area (Å²) in [6, 6.07) is 8.25. The lowest BCUT2D eigenvalue weighted by molar-refractivity contribution is -0.134. The van der Waals surface area contributed by atoms with Gasteiger partial charge in [0.15, 0.2) is 4.77 Å². The van der Waals surface area contributed by atoms with Crippen molar-refractivity contribution >= 4 is 35.0 Å². The fourth-order valence-corrected chi connectivity index (χ4v) is 3.83. The predicted octanol–water partition coefficient (Wildman–Crippen LogP) is 1.76. The molecule has 1 amide bonds. The molecule has 1 aromatic carbocycles. The van der Waals surface area contributed by atoms with Crippen LogP contribution in [0.15, 0.2) is 47.5 Å². The number of para-hydroxylation sites is 1. The van der Waals surface area contributed by atoms with Gasteiger partial charge in [-0.25, -0.2) is 9.97 Å². The SMILES string of the molecule is CC(C(=O)N1CCN(c2ncccn2)CC1)n1c(=S)[nH]c2ccccc2c1=O. The minimum atomic E-state index is -0.680. The summed E-state index contributed by atoms with van der Waals surface area (Å²) < 4.78 is 1.62. The minimum absolute atomic E-state index is 0.120. The van der Waals surface area contributed by atoms with Crippen molar-refractivity contribution in [2.75, 3.05) is 31.1 Å². The van der Waals surface area contributed by atoms with Crippen LogP contribution in [0, 0.1) is 4.77 Å². The van der Waals surface area contributed by atoms with Gasteiger partial charge in [-0.2, -0.15) is 0 Å². The van der Waals surface area contributed by atoms with Crippen LogP contribution in [0.4, 0.5) is 5.95 Å². The molecule has 28 heavy (non-hydrogen) atoms. The Morgan fingerprint density at radius 1 is 1.11 bits per heavy atom. The van der Waals surface area contributed by atoms with E-state index in [1.165, 1.54) is 4.57 Å². The van der Waals surface area contributed by atoms with E-state index in [-0.39, 0.29) is 16.2 Å². The molecule has 3 aromatic rings. The molecule has 0 saturated carbocycles. The Bertz CT molecular complexity index is 1120. The molecule has 8 nitrogen and oxygen atoms in total. The fraction of sp³-hybridized carbons (Fsp3) is 0.316. The third-order valence-corrected chi connectivity index (χ3v) is 5.31. The van der Waals surface area contributed by atoms with Gasteiger partial charge in [-0.15, -0.1) is 0 Å². The highest BCUT2D eigenvalue weighted by atomic mass is 32.1. The van der Waals surface area contributed by atoms with Crippen molar-refractivity contribution in [1.82, 2.24) is 24.4 Å². The lowest BCUT2D eigenvalue weighted by Crippen LogP contribution is -2.51. The summed E-state index contributed by atoms with van der Waals surface area (Å²) in [5, 5.41) is 0.516. The largest absolute Gasteiger partial charge is 0.337 e. The molecule has 1 unspecified atom stereocenters. The summed E-state index contributed by atoms with van der Waals surface area (Å²) in [5.74, 6) is 0.543. The quantitative estimate of drug-likeness (QED) is 0.679. The highest BCUT2D eigenvalue weighted by molar-refractivity contribution is 7.71.